The summed E-state index contributed by atoms with van der Waals surface area (Å²) in [6, 6.07) is 13.6. The number of nitrogens with one attached hydrogen (secondary N) is 2. The third-order valence-corrected chi connectivity index (χ3v) is 13.7. The third kappa shape index (κ3) is 7.77. The minimum Gasteiger partial charge on any atom is -0.371 e. The fourth-order valence-electron chi connectivity index (χ4n) is 8.46. The molecule has 0 bridgehead atoms. The first-order valence-electron chi connectivity index (χ1n) is 19.0. The second-order valence-corrected chi connectivity index (χ2v) is 17.4. The zero-order valence-corrected chi connectivity index (χ0v) is 32.1. The number of likely N-dealkylation sites (tertiary alicyclic amines) is 1. The second-order valence-electron chi connectivity index (χ2n) is 15.0. The van der Waals surface area contributed by atoms with Crippen LogP contribution in [-0.2, 0) is 21.9 Å². The summed E-state index contributed by atoms with van der Waals surface area (Å²) in [5.74, 6) is 1.93. The Balaban J connectivity index is 0.808. The molecule has 4 saturated heterocycles. The van der Waals surface area contributed by atoms with Gasteiger partial charge in [-0.05, 0) is 99.3 Å². The molecule has 0 radical (unpaired) electrons. The van der Waals surface area contributed by atoms with E-state index in [1.54, 1.807) is 27.7 Å². The fraction of sp³-hybridized carbons (Fsp3) is 0.500. The lowest BCUT2D eigenvalue weighted by Gasteiger charge is -2.38. The molecular formula is C38H47ClN10O4S. The van der Waals surface area contributed by atoms with Crippen LogP contribution in [0.3, 0.4) is 0 Å². The van der Waals surface area contributed by atoms with E-state index in [0.717, 1.165) is 75.0 Å². The van der Waals surface area contributed by atoms with Crippen LogP contribution in [0.5, 0.6) is 0 Å². The maximum atomic E-state index is 13.7. The number of nitrogens with zero attached hydrogens (tertiary/aromatic N) is 8. The van der Waals surface area contributed by atoms with Gasteiger partial charge >= 0.3 is 6.03 Å². The van der Waals surface area contributed by atoms with E-state index in [2.05, 4.69) is 53.7 Å². The van der Waals surface area contributed by atoms with Crippen molar-refractivity contribution in [3.63, 3.8) is 0 Å². The molecule has 2 N–H and O–H groups in total. The lowest BCUT2D eigenvalue weighted by Crippen LogP contribution is -2.49. The summed E-state index contributed by atoms with van der Waals surface area (Å²) in [7, 11) is -1.71. The number of aromatic nitrogens is 4. The van der Waals surface area contributed by atoms with Crippen LogP contribution in [0.1, 0.15) is 56.4 Å². The highest BCUT2D eigenvalue weighted by Crippen LogP contribution is 2.35. The minimum absolute atomic E-state index is 0.0984. The molecule has 286 valence electrons. The Kier molecular flexibility index (Phi) is 10.5. The zero-order chi connectivity index (χ0) is 37.4. The number of halogens is 1. The Morgan fingerprint density at radius 1 is 0.889 bits per heavy atom. The molecule has 0 aliphatic carbocycles. The van der Waals surface area contributed by atoms with Crippen molar-refractivity contribution in [2.45, 2.75) is 61.8 Å². The van der Waals surface area contributed by atoms with Crippen molar-refractivity contribution in [1.82, 2.24) is 34.3 Å². The third-order valence-electron chi connectivity index (χ3n) is 11.6. The Morgan fingerprint density at radius 2 is 1.63 bits per heavy atom. The van der Waals surface area contributed by atoms with Crippen molar-refractivity contribution in [1.29, 1.82) is 0 Å². The normalized spacial score (nSPS) is 20.5. The number of hydrogen-bond acceptors (Lipinski definition) is 10. The number of piperidine rings is 3. The van der Waals surface area contributed by atoms with Gasteiger partial charge in [0.05, 0.1) is 27.8 Å². The van der Waals surface area contributed by atoms with Gasteiger partial charge < -0.3 is 15.1 Å². The molecule has 2 aromatic carbocycles. The van der Waals surface area contributed by atoms with Gasteiger partial charge in [0.15, 0.2) is 5.82 Å². The summed E-state index contributed by atoms with van der Waals surface area (Å²) in [4.78, 5) is 39.4. The lowest BCUT2D eigenvalue weighted by molar-refractivity contribution is -0.120. The number of anilines is 3. The standard InChI is InChI=1S/C38H47ClN10O4S/c1-45-34-21-28(5-6-33(34)36(44-45)49-20-13-35(50)43-38(49)51)27-9-14-46(15-10-27)25-26-7-16-47(17-8-26)31-3-2-4-32(22-31)54(52,53)48-18-11-30(12-19-48)42-37-40-23-29(39)24-41-37/h2-6,21-24,26-27,30H,7-20,25H2,1H3,(H,40,41,42)(H,43,50,51). The average Bonchev–Trinajstić information content (AvgIpc) is 3.51. The van der Waals surface area contributed by atoms with E-state index >= 15 is 0 Å². The maximum absolute atomic E-state index is 13.7. The largest absolute Gasteiger partial charge is 0.371 e. The fourth-order valence-corrected chi connectivity index (χ4v) is 10.1. The molecule has 4 fully saturated rings. The predicted molar refractivity (Wildman–Crippen MR) is 208 cm³/mol. The summed E-state index contributed by atoms with van der Waals surface area (Å²) < 4.78 is 30.8. The molecule has 4 aliphatic heterocycles. The van der Waals surface area contributed by atoms with Crippen molar-refractivity contribution < 1.29 is 18.0 Å². The SMILES string of the molecule is Cn1nc(N2CCC(=O)NC2=O)c2ccc(C3CCN(CC4CCN(c5cccc(S(=O)(=O)N6CCC(Nc7ncc(Cl)cn7)CC6)c5)CC4)CC3)cc21. The van der Waals surface area contributed by atoms with Gasteiger partial charge in [0, 0.05) is 69.9 Å². The number of urea groups is 1. The molecule has 14 nitrogen and oxygen atoms in total. The van der Waals surface area contributed by atoms with Crippen molar-refractivity contribution in [3.8, 4) is 0 Å². The Bertz CT molecular complexity index is 2110. The number of sulfonamides is 1. The van der Waals surface area contributed by atoms with E-state index in [1.807, 2.05) is 29.9 Å². The summed E-state index contributed by atoms with van der Waals surface area (Å²) >= 11 is 5.89. The lowest BCUT2D eigenvalue weighted by atomic mass is 9.88. The smallest absolute Gasteiger partial charge is 0.329 e. The molecule has 0 spiro atoms. The quantitative estimate of drug-likeness (QED) is 0.243. The number of amides is 3. The van der Waals surface area contributed by atoms with E-state index in [9.17, 15) is 18.0 Å². The number of imide groups is 1. The van der Waals surface area contributed by atoms with Gasteiger partial charge in [0.1, 0.15) is 0 Å². The molecule has 0 atom stereocenters. The number of carbonyl (C=O) groups excluding carboxylic acids is 2. The number of rotatable bonds is 9. The number of fused-ring (bicyclic) bond motifs is 1. The molecule has 0 saturated carbocycles. The molecule has 2 aromatic heterocycles. The Morgan fingerprint density at radius 3 is 2.35 bits per heavy atom. The van der Waals surface area contributed by atoms with Crippen LogP contribution in [-0.4, -0.2) is 108 Å². The summed E-state index contributed by atoms with van der Waals surface area (Å²) in [6.07, 6.45) is 9.06. The molecule has 4 aliphatic rings. The number of benzene rings is 2. The van der Waals surface area contributed by atoms with Crippen molar-refractivity contribution in [2.75, 3.05) is 67.5 Å². The summed E-state index contributed by atoms with van der Waals surface area (Å²) in [5.41, 5.74) is 3.26. The topological polar surface area (TPSA) is 149 Å². The molecule has 3 amide bonds. The van der Waals surface area contributed by atoms with Gasteiger partial charge in [-0.2, -0.15) is 9.40 Å². The molecule has 8 rings (SSSR count). The van der Waals surface area contributed by atoms with E-state index in [0.29, 0.717) is 66.0 Å². The first-order chi connectivity index (χ1) is 26.1. The second kappa shape index (κ2) is 15.4. The van der Waals surface area contributed by atoms with Gasteiger partial charge in [-0.15, -0.1) is 0 Å². The van der Waals surface area contributed by atoms with Crippen LogP contribution < -0.4 is 20.4 Å². The highest BCUT2D eigenvalue weighted by Gasteiger charge is 2.32. The van der Waals surface area contributed by atoms with E-state index in [4.69, 9.17) is 11.6 Å². The summed E-state index contributed by atoms with van der Waals surface area (Å²) in [6.45, 7) is 6.24. The van der Waals surface area contributed by atoms with Crippen LogP contribution in [0.4, 0.5) is 22.2 Å². The Labute approximate surface area is 320 Å². The van der Waals surface area contributed by atoms with Crippen LogP contribution in [0.15, 0.2) is 59.8 Å². The predicted octanol–water partition coefficient (Wildman–Crippen LogP) is 4.82. The minimum atomic E-state index is -3.61. The van der Waals surface area contributed by atoms with Gasteiger partial charge in [-0.25, -0.2) is 23.2 Å². The number of carbonyl (C=O) groups is 2. The van der Waals surface area contributed by atoms with Crippen LogP contribution in [0.2, 0.25) is 5.02 Å². The van der Waals surface area contributed by atoms with Gasteiger partial charge in [-0.3, -0.25) is 19.7 Å². The molecule has 16 heteroatoms. The number of aryl methyl sites for hydroxylation is 1. The van der Waals surface area contributed by atoms with Crippen LogP contribution in [0.25, 0.3) is 10.9 Å². The van der Waals surface area contributed by atoms with Gasteiger partial charge in [0.2, 0.25) is 21.9 Å². The maximum Gasteiger partial charge on any atom is 0.329 e. The van der Waals surface area contributed by atoms with Gasteiger partial charge in [0.25, 0.3) is 0 Å². The van der Waals surface area contributed by atoms with Crippen molar-refractivity contribution in [2.24, 2.45) is 13.0 Å². The zero-order valence-electron chi connectivity index (χ0n) is 30.5. The molecule has 6 heterocycles. The Hall–Kier alpha value is -4.31. The first-order valence-corrected chi connectivity index (χ1v) is 20.8. The highest BCUT2D eigenvalue weighted by molar-refractivity contribution is 7.89. The molecule has 0 unspecified atom stereocenters. The monoisotopic (exact) mass is 774 g/mol. The van der Waals surface area contributed by atoms with E-state index < -0.39 is 16.1 Å². The van der Waals surface area contributed by atoms with Crippen molar-refractivity contribution >= 4 is 61.9 Å². The first kappa shape index (κ1) is 36.7. The van der Waals surface area contributed by atoms with Crippen LogP contribution in [0, 0.1) is 5.92 Å². The van der Waals surface area contributed by atoms with E-state index in [-0.39, 0.29) is 18.4 Å². The molecule has 4 aromatic rings. The average molecular weight is 775 g/mol. The van der Waals surface area contributed by atoms with Crippen molar-refractivity contribution in [3.05, 3.63) is 65.4 Å². The summed E-state index contributed by atoms with van der Waals surface area (Å²) in [5, 5.41) is 11.7. The molecular weight excluding hydrogens is 728 g/mol. The number of hydrogen-bond donors (Lipinski definition) is 2. The van der Waals surface area contributed by atoms with E-state index in [1.165, 1.54) is 5.56 Å². The van der Waals surface area contributed by atoms with Gasteiger partial charge in [-0.1, -0.05) is 23.7 Å². The molecule has 54 heavy (non-hydrogen) atoms. The van der Waals surface area contributed by atoms with Crippen LogP contribution >= 0.6 is 11.6 Å². The highest BCUT2D eigenvalue weighted by atomic mass is 35.5.